The van der Waals surface area contributed by atoms with Gasteiger partial charge in [-0.05, 0) is 26.3 Å². The number of rotatable bonds is 6. The van der Waals surface area contributed by atoms with E-state index >= 15 is 0 Å². The lowest BCUT2D eigenvalue weighted by molar-refractivity contribution is 0.300. The fourth-order valence-corrected chi connectivity index (χ4v) is 2.78. The highest BCUT2D eigenvalue weighted by Gasteiger charge is 2.21. The number of anilines is 1. The molecule has 1 saturated heterocycles. The van der Waals surface area contributed by atoms with Gasteiger partial charge in [0, 0.05) is 25.7 Å². The Labute approximate surface area is 123 Å². The third kappa shape index (κ3) is 3.31. The van der Waals surface area contributed by atoms with Crippen LogP contribution in [0.15, 0.2) is 11.0 Å². The first kappa shape index (κ1) is 15.3. The monoisotopic (exact) mass is 300 g/mol. The van der Waals surface area contributed by atoms with Crippen LogP contribution in [0.3, 0.4) is 0 Å². The minimum atomic E-state index is -0.283. The predicted octanol–water partition coefficient (Wildman–Crippen LogP) is 0.467. The number of hydrogen-bond donors (Lipinski definition) is 2. The maximum Gasteiger partial charge on any atom is 0.287 e. The van der Waals surface area contributed by atoms with Gasteiger partial charge in [0.25, 0.3) is 5.56 Å². The van der Waals surface area contributed by atoms with Crippen LogP contribution >= 0.6 is 11.6 Å². The molecular formula is C13H21ClN4O2. The molecule has 0 bridgehead atoms. The molecule has 0 saturated carbocycles. The van der Waals surface area contributed by atoms with Gasteiger partial charge >= 0.3 is 0 Å². The standard InChI is InChI=1S/C13H21ClN4O2/c1-2-18-13(20)12(14)11(8-16-18)17(6-7-19)9-10-4-3-5-15-10/h8,10,15,19H,2-7,9H2,1H3. The molecule has 0 aliphatic carbocycles. The maximum atomic E-state index is 12.0. The van der Waals surface area contributed by atoms with Gasteiger partial charge in [-0.25, -0.2) is 4.68 Å². The van der Waals surface area contributed by atoms with Crippen molar-refractivity contribution >= 4 is 17.3 Å². The van der Waals surface area contributed by atoms with Crippen molar-refractivity contribution in [2.24, 2.45) is 0 Å². The lowest BCUT2D eigenvalue weighted by Crippen LogP contribution is -2.40. The molecule has 0 radical (unpaired) electrons. The number of nitrogens with one attached hydrogen (secondary N) is 1. The van der Waals surface area contributed by atoms with Crippen molar-refractivity contribution in [1.29, 1.82) is 0 Å². The van der Waals surface area contributed by atoms with Crippen LogP contribution in [0.2, 0.25) is 5.02 Å². The van der Waals surface area contributed by atoms with Crippen LogP contribution in [0.4, 0.5) is 5.69 Å². The Bertz CT molecular complexity index is 500. The zero-order chi connectivity index (χ0) is 14.5. The van der Waals surface area contributed by atoms with Gasteiger partial charge in [-0.15, -0.1) is 0 Å². The highest BCUT2D eigenvalue weighted by Crippen LogP contribution is 2.22. The van der Waals surface area contributed by atoms with Gasteiger partial charge in [0.2, 0.25) is 0 Å². The second-order valence-corrected chi connectivity index (χ2v) is 5.31. The van der Waals surface area contributed by atoms with Crippen LogP contribution in [-0.4, -0.2) is 47.2 Å². The van der Waals surface area contributed by atoms with Crippen molar-refractivity contribution in [2.75, 3.05) is 31.1 Å². The van der Waals surface area contributed by atoms with E-state index in [1.54, 1.807) is 6.20 Å². The molecule has 0 spiro atoms. The first-order chi connectivity index (χ1) is 9.67. The third-order valence-corrected chi connectivity index (χ3v) is 3.94. The number of nitrogens with zero attached hydrogens (tertiary/aromatic N) is 3. The summed E-state index contributed by atoms with van der Waals surface area (Å²) in [6.07, 6.45) is 3.86. The zero-order valence-corrected chi connectivity index (χ0v) is 12.4. The van der Waals surface area contributed by atoms with Gasteiger partial charge in [-0.3, -0.25) is 4.79 Å². The van der Waals surface area contributed by atoms with E-state index in [1.165, 1.54) is 4.68 Å². The Morgan fingerprint density at radius 2 is 2.45 bits per heavy atom. The number of aliphatic hydroxyl groups excluding tert-OH is 1. The van der Waals surface area contributed by atoms with Gasteiger partial charge in [0.05, 0.1) is 18.5 Å². The average molecular weight is 301 g/mol. The molecule has 1 aliphatic rings. The summed E-state index contributed by atoms with van der Waals surface area (Å²) >= 11 is 6.18. The molecule has 1 fully saturated rings. The van der Waals surface area contributed by atoms with E-state index in [-0.39, 0.29) is 17.2 Å². The third-order valence-electron chi connectivity index (χ3n) is 3.58. The quantitative estimate of drug-likeness (QED) is 0.799. The molecule has 7 heteroatoms. The van der Waals surface area contributed by atoms with Crippen LogP contribution in [0, 0.1) is 0 Å². The summed E-state index contributed by atoms with van der Waals surface area (Å²) in [5.74, 6) is 0. The summed E-state index contributed by atoms with van der Waals surface area (Å²) in [6, 6.07) is 0.367. The van der Waals surface area contributed by atoms with Crippen molar-refractivity contribution < 1.29 is 5.11 Å². The topological polar surface area (TPSA) is 70.4 Å². The Kier molecular flexibility index (Phi) is 5.39. The fourth-order valence-electron chi connectivity index (χ4n) is 2.51. The Morgan fingerprint density at radius 3 is 3.05 bits per heavy atom. The number of halogens is 1. The molecule has 2 heterocycles. The van der Waals surface area contributed by atoms with E-state index in [1.807, 2.05) is 11.8 Å². The van der Waals surface area contributed by atoms with E-state index < -0.39 is 0 Å². The van der Waals surface area contributed by atoms with Crippen molar-refractivity contribution in [2.45, 2.75) is 32.4 Å². The van der Waals surface area contributed by atoms with Crippen LogP contribution in [0.25, 0.3) is 0 Å². The summed E-state index contributed by atoms with van der Waals surface area (Å²) in [4.78, 5) is 14.0. The van der Waals surface area contributed by atoms with Gasteiger partial charge in [-0.2, -0.15) is 5.10 Å². The van der Waals surface area contributed by atoms with Crippen LogP contribution in [0.1, 0.15) is 19.8 Å². The maximum absolute atomic E-state index is 12.0. The molecule has 2 rings (SSSR count). The van der Waals surface area contributed by atoms with Gasteiger partial charge in [0.15, 0.2) is 0 Å². The van der Waals surface area contributed by atoms with E-state index in [4.69, 9.17) is 11.6 Å². The van der Waals surface area contributed by atoms with Crippen LogP contribution in [-0.2, 0) is 6.54 Å². The molecule has 6 nitrogen and oxygen atoms in total. The minimum Gasteiger partial charge on any atom is -0.395 e. The molecule has 20 heavy (non-hydrogen) atoms. The molecular weight excluding hydrogens is 280 g/mol. The molecule has 112 valence electrons. The lowest BCUT2D eigenvalue weighted by Gasteiger charge is -2.27. The Morgan fingerprint density at radius 1 is 1.65 bits per heavy atom. The Balaban J connectivity index is 2.24. The summed E-state index contributed by atoms with van der Waals surface area (Å²) in [6.45, 7) is 4.52. The first-order valence-corrected chi connectivity index (χ1v) is 7.40. The van der Waals surface area contributed by atoms with E-state index in [0.717, 1.165) is 25.9 Å². The number of aryl methyl sites for hydroxylation is 1. The number of hydrogen-bond acceptors (Lipinski definition) is 5. The summed E-state index contributed by atoms with van der Waals surface area (Å²) in [7, 11) is 0. The number of aliphatic hydroxyl groups is 1. The molecule has 2 N–H and O–H groups in total. The molecule has 1 aromatic rings. The molecule has 1 aromatic heterocycles. The second-order valence-electron chi connectivity index (χ2n) is 4.93. The predicted molar refractivity (Wildman–Crippen MR) is 79.5 cm³/mol. The minimum absolute atomic E-state index is 0.0138. The van der Waals surface area contributed by atoms with Gasteiger partial charge in [-0.1, -0.05) is 11.6 Å². The molecule has 1 atom stereocenters. The Hall–Kier alpha value is -1.11. The van der Waals surface area contributed by atoms with Crippen molar-refractivity contribution in [3.8, 4) is 0 Å². The second kappa shape index (κ2) is 7.06. The van der Waals surface area contributed by atoms with Crippen molar-refractivity contribution in [1.82, 2.24) is 15.1 Å². The zero-order valence-electron chi connectivity index (χ0n) is 11.7. The normalized spacial score (nSPS) is 18.4. The fraction of sp³-hybridized carbons (Fsp3) is 0.692. The number of aromatic nitrogens is 2. The molecule has 0 aromatic carbocycles. The first-order valence-electron chi connectivity index (χ1n) is 7.02. The van der Waals surface area contributed by atoms with E-state index in [9.17, 15) is 9.90 Å². The SMILES string of the molecule is CCn1ncc(N(CCO)CC2CCCN2)c(Cl)c1=O. The highest BCUT2D eigenvalue weighted by atomic mass is 35.5. The van der Waals surface area contributed by atoms with Crippen LogP contribution < -0.4 is 15.8 Å². The van der Waals surface area contributed by atoms with E-state index in [0.29, 0.717) is 24.8 Å². The van der Waals surface area contributed by atoms with E-state index in [2.05, 4.69) is 10.4 Å². The lowest BCUT2D eigenvalue weighted by atomic mass is 10.2. The highest BCUT2D eigenvalue weighted by molar-refractivity contribution is 6.33. The van der Waals surface area contributed by atoms with Gasteiger partial charge < -0.3 is 15.3 Å². The molecule has 1 aliphatic heterocycles. The molecule has 1 unspecified atom stereocenters. The van der Waals surface area contributed by atoms with Gasteiger partial charge in [0.1, 0.15) is 5.02 Å². The molecule has 0 amide bonds. The summed E-state index contributed by atoms with van der Waals surface area (Å²) < 4.78 is 1.33. The largest absolute Gasteiger partial charge is 0.395 e. The smallest absolute Gasteiger partial charge is 0.287 e. The summed E-state index contributed by atoms with van der Waals surface area (Å²) in [5, 5.41) is 16.9. The van der Waals surface area contributed by atoms with Crippen LogP contribution in [0.5, 0.6) is 0 Å². The summed E-state index contributed by atoms with van der Waals surface area (Å²) in [5.41, 5.74) is 0.318. The van der Waals surface area contributed by atoms with Crippen molar-refractivity contribution in [3.05, 3.63) is 21.6 Å². The van der Waals surface area contributed by atoms with Crippen molar-refractivity contribution in [3.63, 3.8) is 0 Å². The average Bonchev–Trinajstić information content (AvgIpc) is 2.94.